The molecular formula is C16H21N3O2. The average Bonchev–Trinajstić information content (AvgIpc) is 2.86. The highest BCUT2D eigenvalue weighted by molar-refractivity contribution is 5.81. The Kier molecular flexibility index (Phi) is 4.94. The number of rotatable bonds is 5. The summed E-state index contributed by atoms with van der Waals surface area (Å²) in [4.78, 5) is 14.0. The second-order valence-electron chi connectivity index (χ2n) is 5.66. The van der Waals surface area contributed by atoms with Crippen molar-refractivity contribution in [1.29, 1.82) is 5.26 Å². The van der Waals surface area contributed by atoms with Gasteiger partial charge >= 0.3 is 0 Å². The van der Waals surface area contributed by atoms with Gasteiger partial charge in [-0.3, -0.25) is 9.69 Å². The molecular weight excluding hydrogens is 266 g/mol. The number of benzene rings is 1. The van der Waals surface area contributed by atoms with E-state index in [2.05, 4.69) is 11.0 Å². The van der Waals surface area contributed by atoms with Crippen molar-refractivity contribution in [2.45, 2.75) is 44.4 Å². The van der Waals surface area contributed by atoms with Gasteiger partial charge in [0.05, 0.1) is 17.7 Å². The highest BCUT2D eigenvalue weighted by Crippen LogP contribution is 2.31. The summed E-state index contributed by atoms with van der Waals surface area (Å²) in [6.45, 7) is 2.56. The van der Waals surface area contributed by atoms with Crippen LogP contribution in [0, 0.1) is 11.3 Å². The van der Waals surface area contributed by atoms with Crippen molar-refractivity contribution in [2.24, 2.45) is 5.73 Å². The molecule has 0 radical (unpaired) electrons. The van der Waals surface area contributed by atoms with Crippen LogP contribution in [0.1, 0.15) is 43.4 Å². The summed E-state index contributed by atoms with van der Waals surface area (Å²) in [5, 5.41) is 18.5. The molecule has 1 aromatic carbocycles. The molecule has 0 spiro atoms. The lowest BCUT2D eigenvalue weighted by atomic mass is 10.0. The quantitative estimate of drug-likeness (QED) is 0.854. The van der Waals surface area contributed by atoms with Crippen molar-refractivity contribution in [3.8, 4) is 6.07 Å². The maximum absolute atomic E-state index is 11.9. The summed E-state index contributed by atoms with van der Waals surface area (Å²) in [7, 11) is 0. The zero-order chi connectivity index (χ0) is 15.4. The van der Waals surface area contributed by atoms with E-state index in [9.17, 15) is 9.90 Å². The predicted octanol–water partition coefficient (Wildman–Crippen LogP) is 1.32. The summed E-state index contributed by atoms with van der Waals surface area (Å²) < 4.78 is 0. The molecule has 1 saturated heterocycles. The van der Waals surface area contributed by atoms with Gasteiger partial charge in [-0.15, -0.1) is 0 Å². The first-order chi connectivity index (χ1) is 10.0. The number of likely N-dealkylation sites (tertiary alicyclic amines) is 1. The lowest BCUT2D eigenvalue weighted by molar-refractivity contribution is -0.124. The van der Waals surface area contributed by atoms with Gasteiger partial charge in [-0.25, -0.2) is 0 Å². The van der Waals surface area contributed by atoms with E-state index >= 15 is 0 Å². The molecule has 0 aliphatic carbocycles. The number of carbonyl (C=O) groups is 1. The van der Waals surface area contributed by atoms with Crippen LogP contribution in [-0.4, -0.2) is 34.6 Å². The van der Waals surface area contributed by atoms with E-state index in [1.807, 2.05) is 0 Å². The Hall–Kier alpha value is -1.90. The maximum atomic E-state index is 11.9. The third kappa shape index (κ3) is 3.60. The summed E-state index contributed by atoms with van der Waals surface area (Å²) >= 11 is 0. The zero-order valence-corrected chi connectivity index (χ0v) is 12.2. The molecule has 3 unspecified atom stereocenters. The van der Waals surface area contributed by atoms with E-state index in [1.165, 1.54) is 0 Å². The van der Waals surface area contributed by atoms with Crippen LogP contribution in [0.3, 0.4) is 0 Å². The molecule has 1 amide bonds. The molecule has 3 atom stereocenters. The summed E-state index contributed by atoms with van der Waals surface area (Å²) in [5.41, 5.74) is 6.97. The minimum Gasteiger partial charge on any atom is -0.393 e. The molecule has 5 heteroatoms. The van der Waals surface area contributed by atoms with Crippen molar-refractivity contribution >= 4 is 5.91 Å². The van der Waals surface area contributed by atoms with E-state index in [1.54, 1.807) is 31.2 Å². The van der Waals surface area contributed by atoms with Gasteiger partial charge in [0.15, 0.2) is 0 Å². The van der Waals surface area contributed by atoms with Gasteiger partial charge in [-0.1, -0.05) is 12.1 Å². The molecule has 1 aromatic rings. The topological polar surface area (TPSA) is 90.3 Å². The van der Waals surface area contributed by atoms with Crippen molar-refractivity contribution in [3.63, 3.8) is 0 Å². The smallest absolute Gasteiger partial charge is 0.239 e. The molecule has 3 N–H and O–H groups in total. The van der Waals surface area contributed by atoms with Crippen molar-refractivity contribution in [1.82, 2.24) is 4.90 Å². The highest BCUT2D eigenvalue weighted by Gasteiger charge is 2.35. The van der Waals surface area contributed by atoms with Crippen LogP contribution in [-0.2, 0) is 4.79 Å². The number of nitriles is 1. The van der Waals surface area contributed by atoms with Crippen LogP contribution in [0.2, 0.25) is 0 Å². The first-order valence-electron chi connectivity index (χ1n) is 7.26. The van der Waals surface area contributed by atoms with E-state index in [0.717, 1.165) is 24.9 Å². The Balaban J connectivity index is 2.25. The largest absolute Gasteiger partial charge is 0.393 e. The van der Waals surface area contributed by atoms with Gasteiger partial charge in [-0.05, 0) is 50.4 Å². The van der Waals surface area contributed by atoms with Crippen molar-refractivity contribution in [2.75, 3.05) is 6.54 Å². The van der Waals surface area contributed by atoms with Gasteiger partial charge in [0, 0.05) is 6.04 Å². The molecule has 1 aliphatic rings. The second-order valence-corrected chi connectivity index (χ2v) is 5.66. The standard InChI is InChI=1S/C16H21N3O2/c1-11(20)9-14-3-2-8-19(14)15(16(18)21)13-6-4-12(10-17)5-7-13/h4-7,11,14-15,20H,2-3,8-9H2,1H3,(H2,18,21). The molecule has 0 bridgehead atoms. The number of nitrogens with zero attached hydrogens (tertiary/aromatic N) is 2. The van der Waals surface area contributed by atoms with E-state index in [0.29, 0.717) is 12.0 Å². The number of aliphatic hydroxyl groups excluding tert-OH is 1. The molecule has 1 heterocycles. The van der Waals surface area contributed by atoms with Gasteiger partial charge in [-0.2, -0.15) is 5.26 Å². The zero-order valence-electron chi connectivity index (χ0n) is 12.2. The van der Waals surface area contributed by atoms with Crippen LogP contribution in [0.5, 0.6) is 0 Å². The minimum atomic E-state index is -0.496. The summed E-state index contributed by atoms with van der Waals surface area (Å²) in [6.07, 6.45) is 2.20. The van der Waals surface area contributed by atoms with Crippen molar-refractivity contribution < 1.29 is 9.90 Å². The molecule has 21 heavy (non-hydrogen) atoms. The fourth-order valence-electron chi connectivity index (χ4n) is 3.10. The van der Waals surface area contributed by atoms with Gasteiger partial charge < -0.3 is 10.8 Å². The van der Waals surface area contributed by atoms with E-state index in [-0.39, 0.29) is 6.04 Å². The fraction of sp³-hybridized carbons (Fsp3) is 0.500. The first-order valence-corrected chi connectivity index (χ1v) is 7.26. The fourth-order valence-corrected chi connectivity index (χ4v) is 3.10. The lowest BCUT2D eigenvalue weighted by Gasteiger charge is -2.32. The molecule has 2 rings (SSSR count). The third-order valence-electron chi connectivity index (χ3n) is 3.99. The Labute approximate surface area is 125 Å². The SMILES string of the molecule is CC(O)CC1CCCN1C(C(N)=O)c1ccc(C#N)cc1. The number of carbonyl (C=O) groups excluding carboxylic acids is 1. The van der Waals surface area contributed by atoms with Crippen LogP contribution < -0.4 is 5.73 Å². The molecule has 5 nitrogen and oxygen atoms in total. The van der Waals surface area contributed by atoms with Crippen LogP contribution in [0.15, 0.2) is 24.3 Å². The number of aliphatic hydroxyl groups is 1. The predicted molar refractivity (Wildman–Crippen MR) is 79.1 cm³/mol. The Bertz CT molecular complexity index is 533. The van der Waals surface area contributed by atoms with Crippen LogP contribution in [0.25, 0.3) is 0 Å². The number of nitrogens with two attached hydrogens (primary N) is 1. The highest BCUT2D eigenvalue weighted by atomic mass is 16.3. The Morgan fingerprint density at radius 3 is 2.71 bits per heavy atom. The number of hydrogen-bond donors (Lipinski definition) is 2. The monoisotopic (exact) mass is 287 g/mol. The minimum absolute atomic E-state index is 0.165. The Morgan fingerprint density at radius 1 is 1.52 bits per heavy atom. The van der Waals surface area contributed by atoms with E-state index < -0.39 is 18.1 Å². The van der Waals surface area contributed by atoms with E-state index in [4.69, 9.17) is 11.0 Å². The summed E-state index contributed by atoms with van der Waals surface area (Å²) in [6, 6.07) is 8.70. The number of hydrogen-bond acceptors (Lipinski definition) is 4. The first kappa shape index (κ1) is 15.5. The number of amides is 1. The maximum Gasteiger partial charge on any atom is 0.239 e. The summed E-state index contributed by atoms with van der Waals surface area (Å²) in [5.74, 6) is -0.391. The van der Waals surface area contributed by atoms with Gasteiger partial charge in [0.25, 0.3) is 0 Å². The van der Waals surface area contributed by atoms with Crippen LogP contribution in [0.4, 0.5) is 0 Å². The molecule has 112 valence electrons. The molecule has 1 fully saturated rings. The van der Waals surface area contributed by atoms with Gasteiger partial charge in [0.1, 0.15) is 6.04 Å². The Morgan fingerprint density at radius 2 is 2.19 bits per heavy atom. The second kappa shape index (κ2) is 6.70. The van der Waals surface area contributed by atoms with Gasteiger partial charge in [0.2, 0.25) is 5.91 Å². The van der Waals surface area contributed by atoms with Crippen LogP contribution >= 0.6 is 0 Å². The normalized spacial score (nSPS) is 21.7. The average molecular weight is 287 g/mol. The molecule has 0 aromatic heterocycles. The lowest BCUT2D eigenvalue weighted by Crippen LogP contribution is -2.41. The number of primary amides is 1. The molecule has 1 aliphatic heterocycles. The molecule has 0 saturated carbocycles. The third-order valence-corrected chi connectivity index (χ3v) is 3.99. The van der Waals surface area contributed by atoms with Crippen molar-refractivity contribution in [3.05, 3.63) is 35.4 Å².